The Balaban J connectivity index is 1.52. The Morgan fingerprint density at radius 2 is 1.88 bits per heavy atom. The van der Waals surface area contributed by atoms with Crippen molar-refractivity contribution in [3.8, 4) is 0 Å². The van der Waals surface area contributed by atoms with Crippen LogP contribution in [0.25, 0.3) is 0 Å². The summed E-state index contributed by atoms with van der Waals surface area (Å²) in [4.78, 5) is 2.49. The lowest BCUT2D eigenvalue weighted by molar-refractivity contribution is -0.0141. The molecule has 2 saturated heterocycles. The van der Waals surface area contributed by atoms with Crippen LogP contribution in [0.4, 0.5) is 8.78 Å². The fourth-order valence-electron chi connectivity index (χ4n) is 3.45. The quantitative estimate of drug-likeness (QED) is 0.749. The van der Waals surface area contributed by atoms with Crippen molar-refractivity contribution in [3.05, 3.63) is 29.8 Å². The maximum atomic E-state index is 13.4. The molecule has 1 unspecified atom stereocenters. The van der Waals surface area contributed by atoms with Gasteiger partial charge in [-0.3, -0.25) is 0 Å². The van der Waals surface area contributed by atoms with Crippen LogP contribution < -0.4 is 0 Å². The van der Waals surface area contributed by atoms with Crippen LogP contribution in [0.1, 0.15) is 19.3 Å². The van der Waals surface area contributed by atoms with E-state index in [1.165, 1.54) is 0 Å². The van der Waals surface area contributed by atoms with Gasteiger partial charge in [-0.15, -0.1) is 0 Å². The molecule has 8 heteroatoms. The van der Waals surface area contributed by atoms with Gasteiger partial charge < -0.3 is 14.4 Å². The number of nitrogens with zero attached hydrogens (tertiary/aromatic N) is 2. The second-order valence-corrected chi connectivity index (χ2v) is 8.33. The summed E-state index contributed by atoms with van der Waals surface area (Å²) < 4.78 is 52.4. The summed E-state index contributed by atoms with van der Waals surface area (Å²) in [6, 6.07) is 3.58. The van der Waals surface area contributed by atoms with E-state index in [0.29, 0.717) is 25.7 Å². The van der Waals surface area contributed by atoms with Crippen molar-refractivity contribution in [1.29, 1.82) is 0 Å². The molecule has 1 aromatic rings. The van der Waals surface area contributed by atoms with Crippen molar-refractivity contribution in [2.24, 2.45) is 0 Å². The monoisotopic (exact) mass is 388 g/mol. The molecule has 146 valence electrons. The topological polar surface area (TPSA) is 42.0 Å². The van der Waals surface area contributed by atoms with Gasteiger partial charge in [0.25, 0.3) is 0 Å². The minimum absolute atomic E-state index is 0.0339. The van der Waals surface area contributed by atoms with Gasteiger partial charge in [-0.1, -0.05) is 0 Å². The third kappa shape index (κ3) is 5.29. The molecule has 1 aromatic carbocycles. The fourth-order valence-corrected chi connectivity index (χ4v) is 4.72. The van der Waals surface area contributed by atoms with E-state index in [2.05, 4.69) is 11.9 Å². The highest BCUT2D eigenvalue weighted by Crippen LogP contribution is 2.19. The SMILES string of the molecule is CN(CC[C@H]1CN(S(=O)c2cc(F)cc(F)c2)CCO1)C1CCOCC1. The van der Waals surface area contributed by atoms with Crippen molar-refractivity contribution in [1.82, 2.24) is 9.21 Å². The van der Waals surface area contributed by atoms with Gasteiger partial charge in [-0.2, -0.15) is 0 Å². The molecule has 2 aliphatic rings. The Labute approximate surface area is 155 Å². The molecule has 0 saturated carbocycles. The van der Waals surface area contributed by atoms with E-state index in [1.54, 1.807) is 4.31 Å². The van der Waals surface area contributed by atoms with Crippen LogP contribution in [-0.4, -0.2) is 72.1 Å². The van der Waals surface area contributed by atoms with Gasteiger partial charge >= 0.3 is 0 Å². The second kappa shape index (κ2) is 9.32. The molecule has 2 fully saturated rings. The molecular formula is C18H26F2N2O3S. The highest BCUT2D eigenvalue weighted by molar-refractivity contribution is 7.82. The minimum Gasteiger partial charge on any atom is -0.381 e. The molecule has 0 aromatic heterocycles. The summed E-state index contributed by atoms with van der Waals surface area (Å²) in [7, 11) is 0.529. The molecule has 0 amide bonds. The first-order chi connectivity index (χ1) is 12.5. The summed E-state index contributed by atoms with van der Waals surface area (Å²) in [6.45, 7) is 3.96. The summed E-state index contributed by atoms with van der Waals surface area (Å²) >= 11 is 0. The molecule has 26 heavy (non-hydrogen) atoms. The summed E-state index contributed by atoms with van der Waals surface area (Å²) in [5.41, 5.74) is 0. The third-order valence-corrected chi connectivity index (χ3v) is 6.43. The Morgan fingerprint density at radius 3 is 2.58 bits per heavy atom. The lowest BCUT2D eigenvalue weighted by Gasteiger charge is -2.35. The van der Waals surface area contributed by atoms with Crippen LogP contribution in [0.2, 0.25) is 0 Å². The van der Waals surface area contributed by atoms with Crippen LogP contribution in [0.5, 0.6) is 0 Å². The van der Waals surface area contributed by atoms with Crippen molar-refractivity contribution in [2.45, 2.75) is 36.3 Å². The van der Waals surface area contributed by atoms with E-state index in [4.69, 9.17) is 9.47 Å². The average Bonchev–Trinajstić information content (AvgIpc) is 2.65. The van der Waals surface area contributed by atoms with Crippen molar-refractivity contribution < 1.29 is 22.5 Å². The first-order valence-electron chi connectivity index (χ1n) is 9.05. The number of benzene rings is 1. The first kappa shape index (κ1) is 19.8. The van der Waals surface area contributed by atoms with Crippen molar-refractivity contribution in [3.63, 3.8) is 0 Å². The van der Waals surface area contributed by atoms with Gasteiger partial charge in [0.2, 0.25) is 0 Å². The largest absolute Gasteiger partial charge is 0.381 e. The maximum Gasteiger partial charge on any atom is 0.127 e. The fraction of sp³-hybridized carbons (Fsp3) is 0.667. The number of halogens is 2. The molecule has 0 aliphatic carbocycles. The number of ether oxygens (including phenoxy) is 2. The van der Waals surface area contributed by atoms with E-state index in [0.717, 1.165) is 57.2 Å². The zero-order chi connectivity index (χ0) is 18.5. The smallest absolute Gasteiger partial charge is 0.127 e. The van der Waals surface area contributed by atoms with E-state index < -0.39 is 22.6 Å². The van der Waals surface area contributed by atoms with Crippen LogP contribution in [0, 0.1) is 11.6 Å². The Morgan fingerprint density at radius 1 is 1.19 bits per heavy atom. The maximum absolute atomic E-state index is 13.4. The van der Waals surface area contributed by atoms with Crippen molar-refractivity contribution >= 4 is 11.0 Å². The number of rotatable bonds is 6. The van der Waals surface area contributed by atoms with Gasteiger partial charge in [-0.25, -0.2) is 17.3 Å². The molecular weight excluding hydrogens is 362 g/mol. The van der Waals surface area contributed by atoms with Crippen molar-refractivity contribution in [2.75, 3.05) is 46.5 Å². The zero-order valence-electron chi connectivity index (χ0n) is 15.0. The van der Waals surface area contributed by atoms with Crippen LogP contribution in [0.15, 0.2) is 23.1 Å². The summed E-state index contributed by atoms with van der Waals surface area (Å²) in [5, 5.41) is 0. The Bertz CT molecular complexity index is 608. The average molecular weight is 388 g/mol. The molecule has 3 rings (SSSR count). The normalized spacial score (nSPS) is 24.1. The Kier molecular flexibility index (Phi) is 7.11. The van der Waals surface area contributed by atoms with Gasteiger partial charge in [0, 0.05) is 45.0 Å². The summed E-state index contributed by atoms with van der Waals surface area (Å²) in [6.07, 6.45) is 2.89. The Hall–Kier alpha value is -0.930. The highest BCUT2D eigenvalue weighted by Gasteiger charge is 2.27. The molecule has 0 N–H and O–H groups in total. The van der Waals surface area contributed by atoms with E-state index in [9.17, 15) is 13.0 Å². The first-order valence-corrected chi connectivity index (χ1v) is 10.2. The highest BCUT2D eigenvalue weighted by atomic mass is 32.2. The lowest BCUT2D eigenvalue weighted by Crippen LogP contribution is -2.45. The third-order valence-electron chi connectivity index (χ3n) is 4.99. The van der Waals surface area contributed by atoms with E-state index in [-0.39, 0.29) is 11.0 Å². The van der Waals surface area contributed by atoms with Gasteiger partial charge in [0.1, 0.15) is 22.6 Å². The van der Waals surface area contributed by atoms with E-state index in [1.807, 2.05) is 0 Å². The predicted octanol–water partition coefficient (Wildman–Crippen LogP) is 2.19. The standard InChI is InChI=1S/C18H26F2N2O3S/c1-21(16-3-7-24-8-4-16)5-2-17-13-22(6-9-25-17)26(23)18-11-14(19)10-15(20)12-18/h10-12,16-17H,2-9,13H2,1H3/t17-,26?/m0/s1. The molecule has 2 aliphatic heterocycles. The van der Waals surface area contributed by atoms with Crippen LogP contribution >= 0.6 is 0 Å². The minimum atomic E-state index is -1.59. The number of morpholine rings is 1. The molecule has 0 spiro atoms. The second-order valence-electron chi connectivity index (χ2n) is 6.85. The van der Waals surface area contributed by atoms with Gasteiger partial charge in [0.05, 0.1) is 17.6 Å². The van der Waals surface area contributed by atoms with Crippen LogP contribution in [0.3, 0.4) is 0 Å². The van der Waals surface area contributed by atoms with Gasteiger partial charge in [0.15, 0.2) is 0 Å². The molecule has 0 radical (unpaired) electrons. The summed E-state index contributed by atoms with van der Waals surface area (Å²) in [5.74, 6) is -1.42. The molecule has 2 heterocycles. The van der Waals surface area contributed by atoms with Crippen LogP contribution in [-0.2, 0) is 20.5 Å². The van der Waals surface area contributed by atoms with E-state index >= 15 is 0 Å². The molecule has 2 atom stereocenters. The zero-order valence-corrected chi connectivity index (χ0v) is 15.9. The number of hydrogen-bond donors (Lipinski definition) is 0. The number of hydrogen-bond acceptors (Lipinski definition) is 4. The van der Waals surface area contributed by atoms with Gasteiger partial charge in [-0.05, 0) is 38.4 Å². The predicted molar refractivity (Wildman–Crippen MR) is 95.2 cm³/mol. The lowest BCUT2D eigenvalue weighted by atomic mass is 10.1. The molecule has 5 nitrogen and oxygen atoms in total. The molecule has 0 bridgehead atoms.